The van der Waals surface area contributed by atoms with Gasteiger partial charge in [-0.25, -0.2) is 9.59 Å². The number of urea groups is 1. The third-order valence-corrected chi connectivity index (χ3v) is 6.66. The first-order valence-corrected chi connectivity index (χ1v) is 12.4. The zero-order valence-corrected chi connectivity index (χ0v) is 21.0. The Balaban J connectivity index is 1.34. The summed E-state index contributed by atoms with van der Waals surface area (Å²) in [5, 5.41) is 2.69. The van der Waals surface area contributed by atoms with Crippen LogP contribution in [0.1, 0.15) is 25.8 Å². The molecule has 2 saturated heterocycles. The van der Waals surface area contributed by atoms with E-state index in [1.54, 1.807) is 35.9 Å². The number of nitrogens with one attached hydrogen (secondary N) is 1. The van der Waals surface area contributed by atoms with Gasteiger partial charge < -0.3 is 26.2 Å². The number of carbonyl (C=O) groups excluding carboxylic acids is 2. The van der Waals surface area contributed by atoms with E-state index in [1.807, 2.05) is 24.3 Å². The predicted octanol–water partition coefficient (Wildman–Crippen LogP) is 0.221. The van der Waals surface area contributed by atoms with Crippen molar-refractivity contribution in [1.29, 1.82) is 0 Å². The number of carbonyl (C=O) groups is 2. The summed E-state index contributed by atoms with van der Waals surface area (Å²) in [5.74, 6) is 0.0431. The first kappa shape index (κ1) is 25.8. The van der Waals surface area contributed by atoms with Crippen LogP contribution in [-0.2, 0) is 11.2 Å². The first-order valence-electron chi connectivity index (χ1n) is 12.4. The number of nitrogens with zero attached hydrogens (tertiary/aromatic N) is 5. The van der Waals surface area contributed by atoms with Crippen LogP contribution in [0.3, 0.4) is 0 Å². The highest BCUT2D eigenvalue weighted by Crippen LogP contribution is 2.14. The van der Waals surface area contributed by atoms with Crippen LogP contribution >= 0.6 is 0 Å². The molecule has 36 heavy (non-hydrogen) atoms. The average molecular weight is 497 g/mol. The van der Waals surface area contributed by atoms with Crippen LogP contribution in [0.25, 0.3) is 5.69 Å². The summed E-state index contributed by atoms with van der Waals surface area (Å²) >= 11 is 0. The molecule has 0 saturated carbocycles. The molecular formula is C25H36N8O3. The van der Waals surface area contributed by atoms with Crippen LogP contribution in [0.5, 0.6) is 0 Å². The second-order valence-corrected chi connectivity index (χ2v) is 10.2. The molecule has 2 aliphatic heterocycles. The van der Waals surface area contributed by atoms with Gasteiger partial charge in [-0.3, -0.25) is 14.7 Å². The summed E-state index contributed by atoms with van der Waals surface area (Å²) in [6.07, 6.45) is 3.52. The molecule has 4 rings (SSSR count). The van der Waals surface area contributed by atoms with Gasteiger partial charge in [-0.1, -0.05) is 12.1 Å². The number of piperazine rings is 1. The fraction of sp³-hybridized carbons (Fsp3) is 0.520. The Labute approximate surface area is 211 Å². The van der Waals surface area contributed by atoms with Crippen molar-refractivity contribution in [2.75, 3.05) is 51.1 Å². The Bertz CT molecular complexity index is 1150. The Morgan fingerprint density at radius 1 is 1.11 bits per heavy atom. The number of rotatable bonds is 6. The van der Waals surface area contributed by atoms with Gasteiger partial charge in [0.15, 0.2) is 0 Å². The fourth-order valence-electron chi connectivity index (χ4n) is 4.59. The van der Waals surface area contributed by atoms with Crippen LogP contribution in [0.2, 0.25) is 0 Å². The van der Waals surface area contributed by atoms with Crippen molar-refractivity contribution >= 4 is 17.8 Å². The molecule has 194 valence electrons. The Hall–Kier alpha value is -3.28. The maximum absolute atomic E-state index is 12.7. The van der Waals surface area contributed by atoms with Gasteiger partial charge >= 0.3 is 11.7 Å². The molecule has 1 aromatic carbocycles. The predicted molar refractivity (Wildman–Crippen MR) is 138 cm³/mol. The van der Waals surface area contributed by atoms with Gasteiger partial charge in [-0.05, 0) is 57.0 Å². The molecule has 2 fully saturated rings. The molecule has 0 radical (unpaired) electrons. The van der Waals surface area contributed by atoms with E-state index in [0.29, 0.717) is 26.2 Å². The number of nitrogens with two attached hydrogens (primary N) is 2. The second-order valence-electron chi connectivity index (χ2n) is 10.2. The van der Waals surface area contributed by atoms with Gasteiger partial charge in [0.05, 0.1) is 11.2 Å². The molecular weight excluding hydrogens is 460 g/mol. The molecule has 0 bridgehead atoms. The van der Waals surface area contributed by atoms with Gasteiger partial charge in [-0.15, -0.1) is 0 Å². The highest BCUT2D eigenvalue weighted by molar-refractivity contribution is 5.89. The standard InChI is InChI=1S/C25H36N8O3/c1-25(2,27)22(34)31-12-14-32(15-13-31)23(35)28-21-8-11-33(24(36)29-21)20-5-3-4-18(16-20)6-9-30-10-7-19(26)17-30/h3-5,8,11,16,19H,6-7,9-10,12-15,17,26-27H2,1-2H3,(H,28,29,35,36). The van der Waals surface area contributed by atoms with Crippen molar-refractivity contribution in [3.05, 3.63) is 52.6 Å². The van der Waals surface area contributed by atoms with Crippen LogP contribution in [0.4, 0.5) is 10.6 Å². The van der Waals surface area contributed by atoms with Crippen LogP contribution in [0, 0.1) is 0 Å². The minimum absolute atomic E-state index is 0.142. The lowest BCUT2D eigenvalue weighted by atomic mass is 10.1. The molecule has 3 heterocycles. The minimum atomic E-state index is -0.945. The van der Waals surface area contributed by atoms with Crippen molar-refractivity contribution in [2.24, 2.45) is 11.5 Å². The van der Waals surface area contributed by atoms with E-state index in [4.69, 9.17) is 11.5 Å². The molecule has 1 atom stereocenters. The van der Waals surface area contributed by atoms with E-state index in [2.05, 4.69) is 15.2 Å². The van der Waals surface area contributed by atoms with E-state index in [1.165, 1.54) is 4.57 Å². The Kier molecular flexibility index (Phi) is 7.72. The molecule has 11 heteroatoms. The second kappa shape index (κ2) is 10.8. The zero-order chi connectivity index (χ0) is 25.9. The van der Waals surface area contributed by atoms with Gasteiger partial charge in [0, 0.05) is 51.5 Å². The number of hydrogen-bond donors (Lipinski definition) is 3. The van der Waals surface area contributed by atoms with Gasteiger partial charge in [-0.2, -0.15) is 4.98 Å². The molecule has 5 N–H and O–H groups in total. The number of anilines is 1. The lowest BCUT2D eigenvalue weighted by Gasteiger charge is -2.37. The molecule has 0 spiro atoms. The van der Waals surface area contributed by atoms with Crippen molar-refractivity contribution in [3.63, 3.8) is 0 Å². The number of aromatic nitrogens is 2. The maximum Gasteiger partial charge on any atom is 0.354 e. The van der Waals surface area contributed by atoms with Crippen molar-refractivity contribution < 1.29 is 9.59 Å². The lowest BCUT2D eigenvalue weighted by Crippen LogP contribution is -2.58. The SMILES string of the molecule is CC(C)(N)C(=O)N1CCN(C(=O)Nc2ccn(-c3cccc(CCN4CCC(N)C4)c3)c(=O)n2)CC1. The Morgan fingerprint density at radius 3 is 2.47 bits per heavy atom. The molecule has 2 aliphatic rings. The monoisotopic (exact) mass is 496 g/mol. The van der Waals surface area contributed by atoms with E-state index in [0.717, 1.165) is 43.7 Å². The van der Waals surface area contributed by atoms with Crippen molar-refractivity contribution in [2.45, 2.75) is 38.3 Å². The van der Waals surface area contributed by atoms with Crippen molar-refractivity contribution in [1.82, 2.24) is 24.3 Å². The minimum Gasteiger partial charge on any atom is -0.338 e. The summed E-state index contributed by atoms with van der Waals surface area (Å²) in [7, 11) is 0. The molecule has 3 amide bonds. The largest absolute Gasteiger partial charge is 0.354 e. The van der Waals surface area contributed by atoms with E-state index < -0.39 is 11.2 Å². The topological polar surface area (TPSA) is 143 Å². The van der Waals surface area contributed by atoms with Crippen LogP contribution in [-0.4, -0.2) is 93.6 Å². The molecule has 2 aromatic rings. The summed E-state index contributed by atoms with van der Waals surface area (Å²) in [6, 6.07) is 9.34. The Morgan fingerprint density at radius 2 is 1.83 bits per heavy atom. The van der Waals surface area contributed by atoms with Gasteiger partial charge in [0.25, 0.3) is 0 Å². The maximum atomic E-state index is 12.7. The van der Waals surface area contributed by atoms with Crippen LogP contribution < -0.4 is 22.5 Å². The summed E-state index contributed by atoms with van der Waals surface area (Å²) in [4.78, 5) is 47.4. The molecule has 1 aromatic heterocycles. The van der Waals surface area contributed by atoms with Gasteiger partial charge in [0.2, 0.25) is 5.91 Å². The quantitative estimate of drug-likeness (QED) is 0.519. The van der Waals surface area contributed by atoms with E-state index in [-0.39, 0.29) is 23.8 Å². The molecule has 1 unspecified atom stereocenters. The molecule has 11 nitrogen and oxygen atoms in total. The normalized spacial score (nSPS) is 18.9. The zero-order valence-electron chi connectivity index (χ0n) is 21.0. The fourth-order valence-corrected chi connectivity index (χ4v) is 4.59. The lowest BCUT2D eigenvalue weighted by molar-refractivity contribution is -0.137. The smallest absolute Gasteiger partial charge is 0.338 e. The highest BCUT2D eigenvalue weighted by Gasteiger charge is 2.31. The number of amides is 3. The number of benzene rings is 1. The third kappa shape index (κ3) is 6.28. The summed E-state index contributed by atoms with van der Waals surface area (Å²) in [5.41, 5.74) is 12.3. The summed E-state index contributed by atoms with van der Waals surface area (Å²) < 4.78 is 1.46. The van der Waals surface area contributed by atoms with Gasteiger partial charge in [0.1, 0.15) is 5.82 Å². The van der Waals surface area contributed by atoms with Crippen LogP contribution in [0.15, 0.2) is 41.3 Å². The number of likely N-dealkylation sites (tertiary alicyclic amines) is 1. The average Bonchev–Trinajstić information content (AvgIpc) is 3.27. The highest BCUT2D eigenvalue weighted by atomic mass is 16.2. The van der Waals surface area contributed by atoms with E-state index >= 15 is 0 Å². The van der Waals surface area contributed by atoms with E-state index in [9.17, 15) is 14.4 Å². The molecule has 0 aliphatic carbocycles. The van der Waals surface area contributed by atoms with Crippen molar-refractivity contribution in [3.8, 4) is 5.69 Å². The first-order chi connectivity index (χ1) is 17.1. The third-order valence-electron chi connectivity index (χ3n) is 6.66. The number of hydrogen-bond acceptors (Lipinski definition) is 7. The summed E-state index contributed by atoms with van der Waals surface area (Å²) in [6.45, 7) is 7.79.